The van der Waals surface area contributed by atoms with Gasteiger partial charge in [0.2, 0.25) is 0 Å². The molecule has 0 radical (unpaired) electrons. The van der Waals surface area contributed by atoms with E-state index in [4.69, 9.17) is 0 Å². The van der Waals surface area contributed by atoms with Gasteiger partial charge >= 0.3 is 0 Å². The standard InChI is InChI=1S/C20H24N2O3S/c1-3-14(22(25)4-2)11-21-16-10-9-13(12-23)20-18(16)19(24)15-7-5-6-8-17(15)26-20/h5-10,14,21,23,25H,3-4,11-12H2,1-2H3. The largest absolute Gasteiger partial charge is 0.392 e. The summed E-state index contributed by atoms with van der Waals surface area (Å²) in [6, 6.07) is 11.2. The van der Waals surface area contributed by atoms with Gasteiger partial charge in [-0.2, -0.15) is 5.06 Å². The first-order valence-corrected chi connectivity index (χ1v) is 9.70. The summed E-state index contributed by atoms with van der Waals surface area (Å²) in [4.78, 5) is 13.1. The Bertz CT molecular complexity index is 970. The van der Waals surface area contributed by atoms with Gasteiger partial charge in [0.15, 0.2) is 5.43 Å². The van der Waals surface area contributed by atoms with Gasteiger partial charge in [-0.3, -0.25) is 4.79 Å². The lowest BCUT2D eigenvalue weighted by Gasteiger charge is -2.24. The molecule has 0 saturated carbocycles. The fourth-order valence-electron chi connectivity index (χ4n) is 3.17. The zero-order chi connectivity index (χ0) is 18.7. The zero-order valence-corrected chi connectivity index (χ0v) is 15.8. The van der Waals surface area contributed by atoms with Gasteiger partial charge in [0, 0.05) is 33.6 Å². The first-order chi connectivity index (χ1) is 12.6. The molecule has 3 aromatic rings. The fraction of sp³-hybridized carbons (Fsp3) is 0.350. The van der Waals surface area contributed by atoms with Crippen LogP contribution in [0.2, 0.25) is 0 Å². The maximum Gasteiger partial charge on any atom is 0.197 e. The van der Waals surface area contributed by atoms with Crippen LogP contribution in [0.25, 0.3) is 20.2 Å². The molecule has 0 aliphatic rings. The van der Waals surface area contributed by atoms with Gasteiger partial charge in [-0.15, -0.1) is 11.3 Å². The van der Waals surface area contributed by atoms with Crippen molar-refractivity contribution in [3.63, 3.8) is 0 Å². The van der Waals surface area contributed by atoms with E-state index in [1.54, 1.807) is 0 Å². The Morgan fingerprint density at radius 1 is 1.19 bits per heavy atom. The Kier molecular flexibility index (Phi) is 5.88. The minimum absolute atomic E-state index is 0.0310. The highest BCUT2D eigenvalue weighted by Gasteiger charge is 2.16. The quantitative estimate of drug-likeness (QED) is 0.434. The molecule has 2 aromatic carbocycles. The van der Waals surface area contributed by atoms with Crippen LogP contribution in [0.4, 0.5) is 5.69 Å². The van der Waals surface area contributed by atoms with Gasteiger partial charge in [0.25, 0.3) is 0 Å². The van der Waals surface area contributed by atoms with Crippen molar-refractivity contribution in [1.82, 2.24) is 5.06 Å². The highest BCUT2D eigenvalue weighted by molar-refractivity contribution is 7.24. The SMILES string of the molecule is CCC(CNc1ccc(CO)c2sc3ccccc3c(=O)c12)N(O)CC. The minimum atomic E-state index is -0.108. The van der Waals surface area contributed by atoms with Crippen molar-refractivity contribution in [2.24, 2.45) is 0 Å². The first-order valence-electron chi connectivity index (χ1n) is 8.88. The van der Waals surface area contributed by atoms with Crippen LogP contribution in [-0.2, 0) is 6.61 Å². The van der Waals surface area contributed by atoms with Crippen LogP contribution in [0.15, 0.2) is 41.2 Å². The second-order valence-corrected chi connectivity index (χ2v) is 7.31. The normalized spacial score (nSPS) is 12.8. The summed E-state index contributed by atoms with van der Waals surface area (Å²) < 4.78 is 1.72. The van der Waals surface area contributed by atoms with Crippen LogP contribution in [0, 0.1) is 0 Å². The first kappa shape index (κ1) is 18.8. The fourth-order valence-corrected chi connectivity index (χ4v) is 4.38. The number of fused-ring (bicyclic) bond motifs is 2. The van der Waals surface area contributed by atoms with E-state index in [-0.39, 0.29) is 18.1 Å². The lowest BCUT2D eigenvalue weighted by molar-refractivity contribution is -0.119. The molecule has 0 aliphatic carbocycles. The summed E-state index contributed by atoms with van der Waals surface area (Å²) in [5.41, 5.74) is 1.46. The molecule has 1 aromatic heterocycles. The Morgan fingerprint density at radius 2 is 1.96 bits per heavy atom. The topological polar surface area (TPSA) is 72.8 Å². The van der Waals surface area contributed by atoms with Crippen LogP contribution < -0.4 is 10.7 Å². The molecule has 6 heteroatoms. The average molecular weight is 372 g/mol. The molecule has 5 nitrogen and oxygen atoms in total. The Balaban J connectivity index is 2.11. The van der Waals surface area contributed by atoms with Crippen molar-refractivity contribution in [1.29, 1.82) is 0 Å². The number of rotatable bonds is 7. The number of hydrogen-bond acceptors (Lipinski definition) is 6. The Morgan fingerprint density at radius 3 is 2.65 bits per heavy atom. The van der Waals surface area contributed by atoms with E-state index in [1.165, 1.54) is 16.4 Å². The van der Waals surface area contributed by atoms with E-state index in [1.807, 2.05) is 50.2 Å². The molecule has 3 rings (SSSR count). The van der Waals surface area contributed by atoms with Crippen LogP contribution >= 0.6 is 11.3 Å². The van der Waals surface area contributed by atoms with Crippen LogP contribution in [-0.4, -0.2) is 34.5 Å². The van der Waals surface area contributed by atoms with Crippen molar-refractivity contribution >= 4 is 37.2 Å². The van der Waals surface area contributed by atoms with E-state index >= 15 is 0 Å². The van der Waals surface area contributed by atoms with Gasteiger partial charge in [0.1, 0.15) is 0 Å². The summed E-state index contributed by atoms with van der Waals surface area (Å²) in [6.45, 7) is 4.89. The molecule has 1 atom stereocenters. The molecule has 0 amide bonds. The average Bonchev–Trinajstić information content (AvgIpc) is 2.68. The van der Waals surface area contributed by atoms with Crippen LogP contribution in [0.1, 0.15) is 25.8 Å². The third kappa shape index (κ3) is 3.46. The number of aliphatic hydroxyl groups is 1. The van der Waals surface area contributed by atoms with Gasteiger partial charge in [-0.1, -0.05) is 32.0 Å². The molecule has 0 aliphatic heterocycles. The zero-order valence-electron chi connectivity index (χ0n) is 15.0. The van der Waals surface area contributed by atoms with Crippen molar-refractivity contribution < 1.29 is 10.3 Å². The third-order valence-electron chi connectivity index (χ3n) is 4.73. The van der Waals surface area contributed by atoms with Crippen molar-refractivity contribution in [3.05, 3.63) is 52.2 Å². The molecular formula is C20H24N2O3S. The molecule has 1 heterocycles. The number of aliphatic hydroxyl groups excluding tert-OH is 1. The van der Waals surface area contributed by atoms with Gasteiger partial charge in [-0.05, 0) is 30.2 Å². The number of nitrogens with zero attached hydrogens (tertiary/aromatic N) is 1. The van der Waals surface area contributed by atoms with E-state index in [9.17, 15) is 15.1 Å². The smallest absolute Gasteiger partial charge is 0.197 e. The summed E-state index contributed by atoms with van der Waals surface area (Å²) in [5.74, 6) is 0. The number of anilines is 1. The van der Waals surface area contributed by atoms with Gasteiger partial charge in [0.05, 0.1) is 18.0 Å². The molecule has 26 heavy (non-hydrogen) atoms. The summed E-state index contributed by atoms with van der Waals surface area (Å²) in [6.07, 6.45) is 0.791. The Hall–Kier alpha value is -1.99. The van der Waals surface area contributed by atoms with Crippen LogP contribution in [0.3, 0.4) is 0 Å². The number of hydrogen-bond donors (Lipinski definition) is 3. The molecule has 0 fully saturated rings. The lowest BCUT2D eigenvalue weighted by atomic mass is 10.1. The monoisotopic (exact) mass is 372 g/mol. The number of hydroxylamine groups is 2. The third-order valence-corrected chi connectivity index (χ3v) is 5.97. The van der Waals surface area contributed by atoms with Crippen molar-refractivity contribution in [3.8, 4) is 0 Å². The predicted molar refractivity (Wildman–Crippen MR) is 108 cm³/mol. The van der Waals surface area contributed by atoms with E-state index in [0.29, 0.717) is 23.9 Å². The molecule has 0 saturated heterocycles. The van der Waals surface area contributed by atoms with Gasteiger partial charge in [-0.25, -0.2) is 0 Å². The van der Waals surface area contributed by atoms with Gasteiger partial charge < -0.3 is 15.6 Å². The molecule has 0 spiro atoms. The summed E-state index contributed by atoms with van der Waals surface area (Å²) >= 11 is 1.52. The number of likely N-dealkylation sites (N-methyl/N-ethyl adjacent to an activating group) is 1. The molecular weight excluding hydrogens is 348 g/mol. The predicted octanol–water partition coefficient (Wildman–Crippen LogP) is 3.81. The number of benzene rings is 2. The highest BCUT2D eigenvalue weighted by Crippen LogP contribution is 2.32. The maximum atomic E-state index is 13.1. The van der Waals surface area contributed by atoms with E-state index in [0.717, 1.165) is 27.1 Å². The number of nitrogens with one attached hydrogen (secondary N) is 1. The lowest BCUT2D eigenvalue weighted by Crippen LogP contribution is -2.37. The van der Waals surface area contributed by atoms with E-state index in [2.05, 4.69) is 5.32 Å². The van der Waals surface area contributed by atoms with Crippen LogP contribution in [0.5, 0.6) is 0 Å². The molecule has 0 bridgehead atoms. The highest BCUT2D eigenvalue weighted by atomic mass is 32.1. The second-order valence-electron chi connectivity index (χ2n) is 6.26. The Labute approximate surface area is 156 Å². The maximum absolute atomic E-state index is 13.1. The van der Waals surface area contributed by atoms with E-state index < -0.39 is 0 Å². The van der Waals surface area contributed by atoms with Crippen molar-refractivity contribution in [2.75, 3.05) is 18.4 Å². The molecule has 3 N–H and O–H groups in total. The summed E-state index contributed by atoms with van der Waals surface area (Å²) in [7, 11) is 0. The summed E-state index contributed by atoms with van der Waals surface area (Å²) in [5, 5.41) is 25.6. The minimum Gasteiger partial charge on any atom is -0.392 e. The second kappa shape index (κ2) is 8.14. The molecule has 138 valence electrons. The van der Waals surface area contributed by atoms with Crippen molar-refractivity contribution in [2.45, 2.75) is 32.9 Å². The molecule has 1 unspecified atom stereocenters.